The van der Waals surface area contributed by atoms with Crippen LogP contribution in [0.4, 0.5) is 0 Å². The number of aryl methyl sites for hydroxylation is 1. The third kappa shape index (κ3) is 2.45. The summed E-state index contributed by atoms with van der Waals surface area (Å²) in [6.07, 6.45) is 3.79. The van der Waals surface area contributed by atoms with E-state index in [9.17, 15) is 5.26 Å². The van der Waals surface area contributed by atoms with Crippen molar-refractivity contribution < 1.29 is 0 Å². The number of nitriles is 1. The van der Waals surface area contributed by atoms with E-state index in [1.165, 1.54) is 17.0 Å². The van der Waals surface area contributed by atoms with E-state index >= 15 is 0 Å². The van der Waals surface area contributed by atoms with E-state index in [1.54, 1.807) is 11.3 Å². The van der Waals surface area contributed by atoms with E-state index in [4.69, 9.17) is 16.6 Å². The Kier molecular flexibility index (Phi) is 3.63. The van der Waals surface area contributed by atoms with E-state index in [-0.39, 0.29) is 0 Å². The summed E-state index contributed by atoms with van der Waals surface area (Å²) in [6, 6.07) is 10.0. The number of thiazole rings is 1. The van der Waals surface area contributed by atoms with Gasteiger partial charge in [0.15, 0.2) is 4.96 Å². The Balaban J connectivity index is 1.92. The van der Waals surface area contributed by atoms with Crippen LogP contribution in [0.2, 0.25) is 5.02 Å². The van der Waals surface area contributed by atoms with Gasteiger partial charge in [-0.15, -0.1) is 11.3 Å². The maximum absolute atomic E-state index is 9.29. The smallest absolute Gasteiger partial charge is 0.194 e. The summed E-state index contributed by atoms with van der Waals surface area (Å²) in [5.74, 6) is 0.737. The fourth-order valence-electron chi connectivity index (χ4n) is 3.36. The quantitative estimate of drug-likeness (QED) is 0.664. The van der Waals surface area contributed by atoms with Crippen LogP contribution in [0, 0.1) is 17.2 Å². The van der Waals surface area contributed by atoms with Crippen LogP contribution in [-0.2, 0) is 19.3 Å². The van der Waals surface area contributed by atoms with Crippen LogP contribution >= 0.6 is 22.9 Å². The van der Waals surface area contributed by atoms with Crippen LogP contribution < -0.4 is 0 Å². The Morgan fingerprint density at radius 1 is 1.39 bits per heavy atom. The van der Waals surface area contributed by atoms with E-state index in [1.807, 2.05) is 24.3 Å². The first-order valence-corrected chi connectivity index (χ1v) is 9.01. The van der Waals surface area contributed by atoms with Crippen molar-refractivity contribution in [2.45, 2.75) is 32.6 Å². The molecule has 0 aliphatic heterocycles. The normalized spacial score (nSPS) is 17.2. The molecule has 0 amide bonds. The number of benzene rings is 1. The number of aromatic nitrogens is 2. The summed E-state index contributed by atoms with van der Waals surface area (Å²) in [5, 5.41) is 10.00. The van der Waals surface area contributed by atoms with Crippen molar-refractivity contribution in [3.8, 4) is 17.3 Å². The van der Waals surface area contributed by atoms with Crippen molar-refractivity contribution in [3.63, 3.8) is 0 Å². The lowest BCUT2D eigenvalue weighted by Crippen LogP contribution is -2.11. The zero-order valence-corrected chi connectivity index (χ0v) is 14.4. The molecule has 0 saturated heterocycles. The van der Waals surface area contributed by atoms with Crippen molar-refractivity contribution in [2.24, 2.45) is 5.92 Å². The van der Waals surface area contributed by atoms with Gasteiger partial charge < -0.3 is 0 Å². The molecule has 0 N–H and O–H groups in total. The first kappa shape index (κ1) is 14.7. The van der Waals surface area contributed by atoms with Crippen molar-refractivity contribution in [1.29, 1.82) is 5.26 Å². The maximum Gasteiger partial charge on any atom is 0.194 e. The minimum atomic E-state index is 0.373. The molecule has 0 fully saturated rings. The van der Waals surface area contributed by atoms with Gasteiger partial charge in [0.25, 0.3) is 0 Å². The summed E-state index contributed by atoms with van der Waals surface area (Å²) < 4.78 is 2.24. The molecule has 1 unspecified atom stereocenters. The minimum absolute atomic E-state index is 0.373. The molecule has 4 rings (SSSR count). The summed E-state index contributed by atoms with van der Waals surface area (Å²) >= 11 is 7.77. The molecule has 1 aliphatic rings. The predicted molar refractivity (Wildman–Crippen MR) is 94.0 cm³/mol. The second-order valence-corrected chi connectivity index (χ2v) is 7.69. The first-order chi connectivity index (χ1) is 11.2. The van der Waals surface area contributed by atoms with Crippen molar-refractivity contribution >= 4 is 27.9 Å². The minimum Gasteiger partial charge on any atom is -0.290 e. The Morgan fingerprint density at radius 3 is 2.91 bits per heavy atom. The largest absolute Gasteiger partial charge is 0.290 e. The second kappa shape index (κ2) is 5.67. The maximum atomic E-state index is 9.29. The van der Waals surface area contributed by atoms with Crippen LogP contribution in [0.1, 0.15) is 29.6 Å². The van der Waals surface area contributed by atoms with Crippen molar-refractivity contribution in [1.82, 2.24) is 9.38 Å². The van der Waals surface area contributed by atoms with Gasteiger partial charge >= 0.3 is 0 Å². The molecule has 2 aromatic heterocycles. The van der Waals surface area contributed by atoms with Crippen molar-refractivity contribution in [3.05, 3.63) is 45.6 Å². The molecule has 3 nitrogen and oxygen atoms in total. The second-order valence-electron chi connectivity index (χ2n) is 6.19. The highest BCUT2D eigenvalue weighted by Gasteiger charge is 2.25. The molecule has 0 saturated carbocycles. The van der Waals surface area contributed by atoms with E-state index in [2.05, 4.69) is 17.4 Å². The molecule has 3 aromatic rings. The summed E-state index contributed by atoms with van der Waals surface area (Å²) in [4.78, 5) is 7.30. The average Bonchev–Trinajstić information content (AvgIpc) is 3.05. The van der Waals surface area contributed by atoms with E-state index in [0.717, 1.165) is 40.7 Å². The third-order valence-electron chi connectivity index (χ3n) is 4.52. The van der Waals surface area contributed by atoms with Gasteiger partial charge in [-0.1, -0.05) is 30.7 Å². The molecule has 116 valence electrons. The fraction of sp³-hybridized carbons (Fsp3) is 0.333. The number of nitrogens with zero attached hydrogens (tertiary/aromatic N) is 3. The molecule has 5 heteroatoms. The number of hydrogen-bond acceptors (Lipinski definition) is 3. The van der Waals surface area contributed by atoms with Gasteiger partial charge in [-0.25, -0.2) is 4.98 Å². The molecule has 1 atom stereocenters. The highest BCUT2D eigenvalue weighted by Crippen LogP contribution is 2.36. The molecule has 0 radical (unpaired) electrons. The molecule has 1 aliphatic carbocycles. The monoisotopic (exact) mass is 341 g/mol. The van der Waals surface area contributed by atoms with Gasteiger partial charge in [0, 0.05) is 21.2 Å². The molecule has 0 spiro atoms. The number of imidazole rings is 1. The van der Waals surface area contributed by atoms with Crippen LogP contribution in [0.25, 0.3) is 16.2 Å². The lowest BCUT2D eigenvalue weighted by Gasteiger charge is -2.18. The van der Waals surface area contributed by atoms with Gasteiger partial charge in [-0.3, -0.25) is 4.40 Å². The fourth-order valence-corrected chi connectivity index (χ4v) is 4.84. The lowest BCUT2D eigenvalue weighted by molar-refractivity contribution is 0.498. The van der Waals surface area contributed by atoms with Crippen molar-refractivity contribution in [2.75, 3.05) is 0 Å². The van der Waals surface area contributed by atoms with Gasteiger partial charge in [0.05, 0.1) is 23.9 Å². The van der Waals surface area contributed by atoms with E-state index < -0.39 is 0 Å². The lowest BCUT2D eigenvalue weighted by atomic mass is 9.93. The highest BCUT2D eigenvalue weighted by atomic mass is 35.5. The number of halogens is 1. The topological polar surface area (TPSA) is 41.1 Å². The van der Waals surface area contributed by atoms with Crippen LogP contribution in [0.15, 0.2) is 24.3 Å². The molecule has 2 heterocycles. The average molecular weight is 342 g/mol. The molecule has 23 heavy (non-hydrogen) atoms. The van der Waals surface area contributed by atoms with Gasteiger partial charge in [-0.05, 0) is 37.3 Å². The summed E-state index contributed by atoms with van der Waals surface area (Å²) in [5.41, 5.74) is 4.31. The Hall–Kier alpha value is -1.83. The van der Waals surface area contributed by atoms with Gasteiger partial charge in [-0.2, -0.15) is 5.26 Å². The standard InChI is InChI=1S/C18H16ClN3S/c1-11-2-7-14-16(10-11)23-18-21-17(15(8-9-20)22(14)18)12-3-5-13(19)6-4-12/h3-6,11H,2,7-8,10H2,1H3. The molecule has 1 aromatic carbocycles. The zero-order chi connectivity index (χ0) is 16.0. The first-order valence-electron chi connectivity index (χ1n) is 7.82. The predicted octanol–water partition coefficient (Wildman–Crippen LogP) is 4.91. The zero-order valence-electron chi connectivity index (χ0n) is 12.8. The summed E-state index contributed by atoms with van der Waals surface area (Å²) in [6.45, 7) is 2.31. The van der Waals surface area contributed by atoms with Crippen LogP contribution in [0.3, 0.4) is 0 Å². The SMILES string of the molecule is CC1CCc2c(sc3nc(-c4ccc(Cl)cc4)c(CC#N)n23)C1. The molecule has 0 bridgehead atoms. The Morgan fingerprint density at radius 2 is 2.17 bits per heavy atom. The summed E-state index contributed by atoms with van der Waals surface area (Å²) in [7, 11) is 0. The van der Waals surface area contributed by atoms with Crippen LogP contribution in [0.5, 0.6) is 0 Å². The molecular weight excluding hydrogens is 326 g/mol. The number of hydrogen-bond donors (Lipinski definition) is 0. The number of fused-ring (bicyclic) bond motifs is 3. The van der Waals surface area contributed by atoms with Gasteiger partial charge in [0.2, 0.25) is 0 Å². The van der Waals surface area contributed by atoms with E-state index in [0.29, 0.717) is 11.4 Å². The third-order valence-corrected chi connectivity index (χ3v) is 5.88. The molecular formula is C18H16ClN3S. The van der Waals surface area contributed by atoms with Gasteiger partial charge in [0.1, 0.15) is 0 Å². The number of rotatable bonds is 2. The van der Waals surface area contributed by atoms with Crippen LogP contribution in [-0.4, -0.2) is 9.38 Å². The highest BCUT2D eigenvalue weighted by molar-refractivity contribution is 7.17. The Labute approximate surface area is 144 Å². The Bertz CT molecular complexity index is 915.